The summed E-state index contributed by atoms with van der Waals surface area (Å²) in [7, 11) is 0. The predicted octanol–water partition coefficient (Wildman–Crippen LogP) is 1.23. The van der Waals surface area contributed by atoms with E-state index >= 15 is 0 Å². The Kier molecular flexibility index (Phi) is 5.62. The molecule has 3 atom stereocenters. The van der Waals surface area contributed by atoms with Crippen LogP contribution in [-0.4, -0.2) is 40.9 Å². The number of fused-ring (bicyclic) bond motifs is 1. The van der Waals surface area contributed by atoms with Crippen molar-refractivity contribution in [2.24, 2.45) is 0 Å². The average molecular weight is 368 g/mol. The molecule has 0 radical (unpaired) electrons. The highest BCUT2D eigenvalue weighted by Crippen LogP contribution is 2.33. The van der Waals surface area contributed by atoms with Crippen molar-refractivity contribution in [2.75, 3.05) is 5.75 Å². The number of thioether (sulfide) groups is 1. The topological polar surface area (TPSA) is 99.3 Å². The smallest absolute Gasteiger partial charge is 0.315 e. The van der Waals surface area contributed by atoms with Crippen molar-refractivity contribution < 1.29 is 14.4 Å². The maximum Gasteiger partial charge on any atom is 0.315 e. The molecule has 0 aliphatic carbocycles. The summed E-state index contributed by atoms with van der Waals surface area (Å²) in [5.41, 5.74) is 4.85. The number of unbranched alkanes of at least 4 members (excludes halogenated alkanes) is 1. The van der Waals surface area contributed by atoms with Crippen LogP contribution in [0.2, 0.25) is 0 Å². The second-order valence-electron chi connectivity index (χ2n) is 5.85. The maximum atomic E-state index is 11.7. The zero-order valence-corrected chi connectivity index (χ0v) is 14.7. The van der Waals surface area contributed by atoms with Gasteiger partial charge in [-0.1, -0.05) is 12.5 Å². The van der Waals surface area contributed by atoms with E-state index in [-0.39, 0.29) is 29.9 Å². The number of hydrogen-bond donors (Lipinski definition) is 4. The SMILES string of the molecule is O=C(CCCC[C@@H]1SC[C@@H]2NC(=O)N[C@@H]21)NNC(=O)c1cccs1. The van der Waals surface area contributed by atoms with Crippen molar-refractivity contribution in [1.82, 2.24) is 21.5 Å². The highest BCUT2D eigenvalue weighted by Gasteiger charge is 2.42. The van der Waals surface area contributed by atoms with Gasteiger partial charge in [0.05, 0.1) is 17.0 Å². The number of amides is 4. The van der Waals surface area contributed by atoms with Crippen molar-refractivity contribution in [3.63, 3.8) is 0 Å². The van der Waals surface area contributed by atoms with Gasteiger partial charge in [0.25, 0.3) is 5.91 Å². The first-order valence-electron chi connectivity index (χ1n) is 7.95. The molecule has 1 aromatic heterocycles. The molecule has 0 bridgehead atoms. The molecule has 130 valence electrons. The number of carbonyl (C=O) groups is 3. The first-order valence-corrected chi connectivity index (χ1v) is 9.87. The Morgan fingerprint density at radius 3 is 2.92 bits per heavy atom. The van der Waals surface area contributed by atoms with Crippen LogP contribution in [0.5, 0.6) is 0 Å². The van der Waals surface area contributed by atoms with Crippen LogP contribution in [0.3, 0.4) is 0 Å². The Bertz CT molecular complexity index is 608. The summed E-state index contributed by atoms with van der Waals surface area (Å²) in [6.45, 7) is 0. The van der Waals surface area contributed by atoms with Crippen LogP contribution >= 0.6 is 23.1 Å². The molecule has 3 rings (SSSR count). The predicted molar refractivity (Wildman–Crippen MR) is 93.9 cm³/mol. The molecule has 2 fully saturated rings. The molecule has 0 saturated carbocycles. The van der Waals surface area contributed by atoms with E-state index in [2.05, 4.69) is 21.5 Å². The van der Waals surface area contributed by atoms with Crippen LogP contribution in [0.4, 0.5) is 4.79 Å². The van der Waals surface area contributed by atoms with Crippen LogP contribution in [0.25, 0.3) is 0 Å². The number of hydrogen-bond acceptors (Lipinski definition) is 5. The van der Waals surface area contributed by atoms with Gasteiger partial charge in [-0.3, -0.25) is 20.4 Å². The fraction of sp³-hybridized carbons (Fsp3) is 0.533. The number of thiophene rings is 1. The Labute approximate surface area is 148 Å². The van der Waals surface area contributed by atoms with Crippen LogP contribution in [-0.2, 0) is 4.79 Å². The van der Waals surface area contributed by atoms with E-state index in [4.69, 9.17) is 0 Å². The monoisotopic (exact) mass is 368 g/mol. The summed E-state index contributed by atoms with van der Waals surface area (Å²) in [5.74, 6) is 0.465. The van der Waals surface area contributed by atoms with Crippen molar-refractivity contribution in [1.29, 1.82) is 0 Å². The van der Waals surface area contributed by atoms with E-state index in [1.54, 1.807) is 12.1 Å². The van der Waals surface area contributed by atoms with E-state index in [9.17, 15) is 14.4 Å². The van der Waals surface area contributed by atoms with E-state index < -0.39 is 0 Å². The van der Waals surface area contributed by atoms with Gasteiger partial charge in [0.1, 0.15) is 0 Å². The van der Waals surface area contributed by atoms with Crippen LogP contribution in [0, 0.1) is 0 Å². The number of rotatable bonds is 6. The largest absolute Gasteiger partial charge is 0.332 e. The highest BCUT2D eigenvalue weighted by atomic mass is 32.2. The van der Waals surface area contributed by atoms with Gasteiger partial charge in [-0.2, -0.15) is 11.8 Å². The van der Waals surface area contributed by atoms with Crippen molar-refractivity contribution in [2.45, 2.75) is 43.0 Å². The quantitative estimate of drug-likeness (QED) is 0.345. The lowest BCUT2D eigenvalue weighted by atomic mass is 10.0. The van der Waals surface area contributed by atoms with Crippen LogP contribution < -0.4 is 21.5 Å². The summed E-state index contributed by atoms with van der Waals surface area (Å²) in [4.78, 5) is 35.3. The van der Waals surface area contributed by atoms with Crippen molar-refractivity contribution in [3.8, 4) is 0 Å². The average Bonchev–Trinajstić information content (AvgIpc) is 3.27. The van der Waals surface area contributed by atoms with Crippen molar-refractivity contribution >= 4 is 40.9 Å². The van der Waals surface area contributed by atoms with Gasteiger partial charge in [0, 0.05) is 17.4 Å². The summed E-state index contributed by atoms with van der Waals surface area (Å²) >= 11 is 3.20. The molecule has 9 heteroatoms. The summed E-state index contributed by atoms with van der Waals surface area (Å²) in [5, 5.41) is 8.11. The molecule has 2 saturated heterocycles. The second kappa shape index (κ2) is 7.89. The zero-order chi connectivity index (χ0) is 16.9. The molecular weight excluding hydrogens is 348 g/mol. The van der Waals surface area contributed by atoms with E-state index in [0.29, 0.717) is 16.5 Å². The lowest BCUT2D eigenvalue weighted by Crippen LogP contribution is -2.41. The summed E-state index contributed by atoms with van der Waals surface area (Å²) in [6, 6.07) is 3.87. The molecule has 4 N–H and O–H groups in total. The fourth-order valence-corrected chi connectivity index (χ4v) is 5.09. The molecule has 0 unspecified atom stereocenters. The number of carbonyl (C=O) groups excluding carboxylic acids is 3. The van der Waals surface area contributed by atoms with E-state index in [1.807, 2.05) is 17.1 Å². The van der Waals surface area contributed by atoms with E-state index in [0.717, 1.165) is 25.0 Å². The van der Waals surface area contributed by atoms with Gasteiger partial charge in [0.2, 0.25) is 5.91 Å². The van der Waals surface area contributed by atoms with Gasteiger partial charge < -0.3 is 10.6 Å². The normalized spacial score (nSPS) is 24.8. The number of urea groups is 1. The molecule has 24 heavy (non-hydrogen) atoms. The Morgan fingerprint density at radius 1 is 1.25 bits per heavy atom. The van der Waals surface area contributed by atoms with Crippen molar-refractivity contribution in [3.05, 3.63) is 22.4 Å². The maximum absolute atomic E-state index is 11.7. The van der Waals surface area contributed by atoms with E-state index in [1.165, 1.54) is 11.3 Å². The molecule has 0 aromatic carbocycles. The Hall–Kier alpha value is -1.74. The van der Waals surface area contributed by atoms with Gasteiger partial charge >= 0.3 is 6.03 Å². The highest BCUT2D eigenvalue weighted by molar-refractivity contribution is 8.00. The number of hydrazine groups is 1. The lowest BCUT2D eigenvalue weighted by molar-refractivity contribution is -0.122. The summed E-state index contributed by atoms with van der Waals surface area (Å²) in [6.07, 6.45) is 3.03. The standard InChI is InChI=1S/C15H20N4O3S2/c20-12(18-19-14(21)11-5-3-7-23-11)6-2-1-4-10-13-9(8-24-10)16-15(22)17-13/h3,5,7,9-10,13H,1-2,4,6,8H2,(H,18,20)(H,19,21)(H2,16,17,22)/t9-,10-,13-/m0/s1. The minimum absolute atomic E-state index is 0.0730. The molecule has 4 amide bonds. The van der Waals surface area contributed by atoms with Gasteiger partial charge in [0.15, 0.2) is 0 Å². The first-order chi connectivity index (χ1) is 11.6. The third-order valence-corrected chi connectivity index (χ3v) is 6.52. The lowest BCUT2D eigenvalue weighted by Gasteiger charge is -2.16. The Balaban J connectivity index is 1.29. The van der Waals surface area contributed by atoms with Gasteiger partial charge in [-0.05, 0) is 24.3 Å². The zero-order valence-electron chi connectivity index (χ0n) is 13.0. The molecular formula is C15H20N4O3S2. The van der Waals surface area contributed by atoms with Crippen LogP contribution in [0.15, 0.2) is 17.5 Å². The molecule has 1 aromatic rings. The molecule has 0 spiro atoms. The van der Waals surface area contributed by atoms with Crippen LogP contribution in [0.1, 0.15) is 35.4 Å². The number of nitrogens with one attached hydrogen (secondary N) is 4. The minimum atomic E-state index is -0.295. The first kappa shape index (κ1) is 17.1. The molecule has 2 aliphatic heterocycles. The third-order valence-electron chi connectivity index (χ3n) is 4.14. The van der Waals surface area contributed by atoms with Gasteiger partial charge in [-0.25, -0.2) is 4.79 Å². The second-order valence-corrected chi connectivity index (χ2v) is 8.07. The molecule has 2 aliphatic rings. The van der Waals surface area contributed by atoms with Gasteiger partial charge in [-0.15, -0.1) is 11.3 Å². The summed E-state index contributed by atoms with van der Waals surface area (Å²) < 4.78 is 0. The molecule has 3 heterocycles. The molecule has 7 nitrogen and oxygen atoms in total. The minimum Gasteiger partial charge on any atom is -0.332 e. The Morgan fingerprint density at radius 2 is 2.12 bits per heavy atom. The fourth-order valence-electron chi connectivity index (χ4n) is 2.93. The third kappa shape index (κ3) is 4.21.